The molecular weight excluding hydrogens is 294 g/mol. The van der Waals surface area contributed by atoms with Crippen LogP contribution in [0.4, 0.5) is 0 Å². The summed E-state index contributed by atoms with van der Waals surface area (Å²) in [7, 11) is 0. The van der Waals surface area contributed by atoms with Crippen LogP contribution in [0.2, 0.25) is 0 Å². The van der Waals surface area contributed by atoms with Crippen LogP contribution in [0.1, 0.15) is 89.2 Å². The molecule has 0 spiro atoms. The molecule has 1 aliphatic heterocycles. The number of nitrogens with zero attached hydrogens (tertiary/aromatic N) is 1. The topological polar surface area (TPSA) is 12.5 Å². The van der Waals surface area contributed by atoms with Crippen molar-refractivity contribution < 1.29 is 4.74 Å². The molecule has 0 aromatic heterocycles. The summed E-state index contributed by atoms with van der Waals surface area (Å²) in [6.45, 7) is 7.49. The molecule has 2 heteroatoms. The monoisotopic (exact) mass is 331 g/mol. The molecule has 0 atom stereocenters. The highest BCUT2D eigenvalue weighted by Gasteiger charge is 2.16. The van der Waals surface area contributed by atoms with Gasteiger partial charge >= 0.3 is 0 Å². The highest BCUT2D eigenvalue weighted by Crippen LogP contribution is 2.26. The van der Waals surface area contributed by atoms with E-state index in [0.29, 0.717) is 0 Å². The average Bonchev–Trinajstić information content (AvgIpc) is 2.62. The van der Waals surface area contributed by atoms with E-state index >= 15 is 0 Å². The first-order valence-electron chi connectivity index (χ1n) is 10.3. The van der Waals surface area contributed by atoms with Gasteiger partial charge in [-0.3, -0.25) is 4.90 Å². The molecule has 1 aromatic carbocycles. The summed E-state index contributed by atoms with van der Waals surface area (Å²) in [6, 6.07) is 6.66. The van der Waals surface area contributed by atoms with Crippen LogP contribution in [0.25, 0.3) is 0 Å². The van der Waals surface area contributed by atoms with Crippen LogP contribution in [0.3, 0.4) is 0 Å². The molecule has 24 heavy (non-hydrogen) atoms. The molecule has 0 saturated heterocycles. The standard InChI is InChI=1S/C22H37NO/c1-3-5-6-7-8-9-10-11-12-13-16-23-18-21-17-20(4-2)14-15-22(21)24-19-23/h14-15,17H,3-13,16,18-19H2,1-2H3. The first-order valence-corrected chi connectivity index (χ1v) is 10.3. The number of hydrogen-bond donors (Lipinski definition) is 0. The van der Waals surface area contributed by atoms with Gasteiger partial charge in [-0.2, -0.15) is 0 Å². The Balaban J connectivity index is 1.52. The lowest BCUT2D eigenvalue weighted by Gasteiger charge is -2.29. The van der Waals surface area contributed by atoms with Crippen LogP contribution >= 0.6 is 0 Å². The second-order valence-electron chi connectivity index (χ2n) is 7.30. The highest BCUT2D eigenvalue weighted by molar-refractivity contribution is 5.38. The SMILES string of the molecule is CCCCCCCCCCCCN1COc2ccc(CC)cc2C1. The van der Waals surface area contributed by atoms with E-state index < -0.39 is 0 Å². The maximum Gasteiger partial charge on any atom is 0.142 e. The van der Waals surface area contributed by atoms with E-state index in [9.17, 15) is 0 Å². The summed E-state index contributed by atoms with van der Waals surface area (Å²) in [5, 5.41) is 0. The van der Waals surface area contributed by atoms with Gasteiger partial charge in [-0.05, 0) is 24.5 Å². The summed E-state index contributed by atoms with van der Waals surface area (Å²) >= 11 is 0. The van der Waals surface area contributed by atoms with Gasteiger partial charge in [0.05, 0.1) is 0 Å². The zero-order chi connectivity index (χ0) is 17.0. The van der Waals surface area contributed by atoms with Crippen molar-refractivity contribution in [3.63, 3.8) is 0 Å². The predicted octanol–water partition coefficient (Wildman–Crippen LogP) is 6.32. The number of unbranched alkanes of at least 4 members (excludes halogenated alkanes) is 9. The van der Waals surface area contributed by atoms with E-state index in [1.807, 2.05) is 0 Å². The number of ether oxygens (including phenoxy) is 1. The molecule has 0 aliphatic carbocycles. The summed E-state index contributed by atoms with van der Waals surface area (Å²) in [6.07, 6.45) is 15.1. The van der Waals surface area contributed by atoms with Gasteiger partial charge in [0.1, 0.15) is 12.5 Å². The summed E-state index contributed by atoms with van der Waals surface area (Å²) < 4.78 is 5.90. The Bertz CT molecular complexity index is 457. The van der Waals surface area contributed by atoms with Crippen LogP contribution < -0.4 is 4.74 Å². The molecule has 0 radical (unpaired) electrons. The minimum Gasteiger partial charge on any atom is -0.478 e. The van der Waals surface area contributed by atoms with Crippen LogP contribution in [-0.4, -0.2) is 18.2 Å². The molecule has 0 bridgehead atoms. The van der Waals surface area contributed by atoms with Gasteiger partial charge in [0.25, 0.3) is 0 Å². The fourth-order valence-electron chi connectivity index (χ4n) is 3.53. The zero-order valence-electron chi connectivity index (χ0n) is 16.0. The Morgan fingerprint density at radius 1 is 0.875 bits per heavy atom. The third kappa shape index (κ3) is 6.84. The van der Waals surface area contributed by atoms with Crippen LogP contribution in [0, 0.1) is 0 Å². The van der Waals surface area contributed by atoms with Gasteiger partial charge in [-0.25, -0.2) is 0 Å². The van der Waals surface area contributed by atoms with Crippen molar-refractivity contribution in [3.05, 3.63) is 29.3 Å². The van der Waals surface area contributed by atoms with Crippen LogP contribution in [-0.2, 0) is 13.0 Å². The van der Waals surface area contributed by atoms with E-state index in [1.54, 1.807) is 0 Å². The Hall–Kier alpha value is -1.02. The molecular formula is C22H37NO. The van der Waals surface area contributed by atoms with Crippen molar-refractivity contribution in [2.75, 3.05) is 13.3 Å². The smallest absolute Gasteiger partial charge is 0.142 e. The quantitative estimate of drug-likeness (QED) is 0.415. The predicted molar refractivity (Wildman–Crippen MR) is 104 cm³/mol. The number of benzene rings is 1. The molecule has 1 aliphatic rings. The Morgan fingerprint density at radius 2 is 1.54 bits per heavy atom. The molecule has 0 amide bonds. The fourth-order valence-corrected chi connectivity index (χ4v) is 3.53. The fraction of sp³-hybridized carbons (Fsp3) is 0.727. The van der Waals surface area contributed by atoms with Crippen LogP contribution in [0.15, 0.2) is 18.2 Å². The van der Waals surface area contributed by atoms with Crippen molar-refractivity contribution in [2.45, 2.75) is 91.0 Å². The van der Waals surface area contributed by atoms with E-state index in [4.69, 9.17) is 4.74 Å². The second kappa shape index (κ2) is 11.5. The molecule has 2 nitrogen and oxygen atoms in total. The summed E-state index contributed by atoms with van der Waals surface area (Å²) in [5.74, 6) is 1.09. The normalized spacial score (nSPS) is 14.4. The molecule has 136 valence electrons. The number of rotatable bonds is 12. The van der Waals surface area contributed by atoms with Gasteiger partial charge in [0.2, 0.25) is 0 Å². The third-order valence-electron chi connectivity index (χ3n) is 5.16. The zero-order valence-corrected chi connectivity index (χ0v) is 16.0. The number of hydrogen-bond acceptors (Lipinski definition) is 2. The second-order valence-corrected chi connectivity index (χ2v) is 7.30. The van der Waals surface area contributed by atoms with Gasteiger partial charge < -0.3 is 4.74 Å². The Kier molecular flexibility index (Phi) is 9.27. The van der Waals surface area contributed by atoms with Crippen molar-refractivity contribution >= 4 is 0 Å². The van der Waals surface area contributed by atoms with E-state index in [2.05, 4.69) is 36.9 Å². The van der Waals surface area contributed by atoms with Crippen molar-refractivity contribution in [3.8, 4) is 5.75 Å². The van der Waals surface area contributed by atoms with Gasteiger partial charge in [0.15, 0.2) is 0 Å². The lowest BCUT2D eigenvalue weighted by atomic mass is 10.1. The average molecular weight is 332 g/mol. The summed E-state index contributed by atoms with van der Waals surface area (Å²) in [5.41, 5.74) is 2.78. The molecule has 0 fully saturated rings. The van der Waals surface area contributed by atoms with Crippen LogP contribution in [0.5, 0.6) is 5.75 Å². The van der Waals surface area contributed by atoms with Crippen molar-refractivity contribution in [1.82, 2.24) is 4.90 Å². The van der Waals surface area contributed by atoms with Gasteiger partial charge in [-0.15, -0.1) is 0 Å². The molecule has 2 rings (SSSR count). The molecule has 0 N–H and O–H groups in total. The number of fused-ring (bicyclic) bond motifs is 1. The Morgan fingerprint density at radius 3 is 2.21 bits per heavy atom. The van der Waals surface area contributed by atoms with E-state index in [-0.39, 0.29) is 0 Å². The minimum atomic E-state index is 0.760. The minimum absolute atomic E-state index is 0.760. The maximum absolute atomic E-state index is 5.90. The Labute approximate surface area is 149 Å². The lowest BCUT2D eigenvalue weighted by Crippen LogP contribution is -2.32. The molecule has 0 unspecified atom stereocenters. The van der Waals surface area contributed by atoms with E-state index in [1.165, 1.54) is 81.9 Å². The first kappa shape index (κ1) is 19.3. The molecule has 0 saturated carbocycles. The largest absolute Gasteiger partial charge is 0.478 e. The molecule has 1 heterocycles. The van der Waals surface area contributed by atoms with Crippen molar-refractivity contribution in [2.24, 2.45) is 0 Å². The molecule has 1 aromatic rings. The number of aryl methyl sites for hydroxylation is 1. The van der Waals surface area contributed by atoms with Gasteiger partial charge in [0, 0.05) is 18.7 Å². The summed E-state index contributed by atoms with van der Waals surface area (Å²) in [4.78, 5) is 2.45. The first-order chi connectivity index (χ1) is 11.8. The van der Waals surface area contributed by atoms with E-state index in [0.717, 1.165) is 25.4 Å². The maximum atomic E-state index is 5.90. The third-order valence-corrected chi connectivity index (χ3v) is 5.16. The van der Waals surface area contributed by atoms with Crippen molar-refractivity contribution in [1.29, 1.82) is 0 Å². The van der Waals surface area contributed by atoms with Gasteiger partial charge in [-0.1, -0.05) is 83.8 Å². The highest BCUT2D eigenvalue weighted by atomic mass is 16.5. The lowest BCUT2D eigenvalue weighted by molar-refractivity contribution is 0.0934.